The average molecular weight is 304 g/mol. The molecule has 1 aliphatic heterocycles. The standard InChI is InChI=1S/C18H28N2O2/c1-13(2)17(21)10-18(22)19-11-14(3)20-9-8-15-6-4-5-7-16(15)12-20/h4-7,13-14,17,21H,8-12H2,1-3H3,(H,19,22). The monoisotopic (exact) mass is 304 g/mol. The number of rotatable bonds is 6. The van der Waals surface area contributed by atoms with Crippen molar-refractivity contribution in [3.63, 3.8) is 0 Å². The van der Waals surface area contributed by atoms with Crippen LogP contribution in [-0.2, 0) is 17.8 Å². The third-order valence-electron chi connectivity index (χ3n) is 4.54. The second-order valence-electron chi connectivity index (χ2n) is 6.66. The van der Waals surface area contributed by atoms with E-state index < -0.39 is 6.10 Å². The predicted octanol–water partition coefficient (Wildman–Crippen LogP) is 1.96. The predicted molar refractivity (Wildman–Crippen MR) is 88.5 cm³/mol. The van der Waals surface area contributed by atoms with Crippen LogP contribution in [0.5, 0.6) is 0 Å². The first kappa shape index (κ1) is 17.0. The Morgan fingerprint density at radius 2 is 1.95 bits per heavy atom. The van der Waals surface area contributed by atoms with Gasteiger partial charge >= 0.3 is 0 Å². The summed E-state index contributed by atoms with van der Waals surface area (Å²) < 4.78 is 0. The molecule has 1 heterocycles. The fraction of sp³-hybridized carbons (Fsp3) is 0.611. The zero-order valence-electron chi connectivity index (χ0n) is 13.9. The third-order valence-corrected chi connectivity index (χ3v) is 4.54. The summed E-state index contributed by atoms with van der Waals surface area (Å²) in [4.78, 5) is 14.3. The van der Waals surface area contributed by atoms with Crippen LogP contribution in [0.3, 0.4) is 0 Å². The maximum Gasteiger partial charge on any atom is 0.222 e. The van der Waals surface area contributed by atoms with Crippen molar-refractivity contribution in [3.8, 4) is 0 Å². The van der Waals surface area contributed by atoms with Crippen LogP contribution in [0.4, 0.5) is 0 Å². The highest BCUT2D eigenvalue weighted by Gasteiger charge is 2.21. The molecule has 0 saturated carbocycles. The Morgan fingerprint density at radius 3 is 2.64 bits per heavy atom. The third kappa shape index (κ3) is 4.55. The molecule has 2 rings (SSSR count). The van der Waals surface area contributed by atoms with Crippen molar-refractivity contribution >= 4 is 5.91 Å². The summed E-state index contributed by atoms with van der Waals surface area (Å²) in [6.45, 7) is 8.60. The lowest BCUT2D eigenvalue weighted by atomic mass is 9.99. The number of nitrogens with one attached hydrogen (secondary N) is 1. The molecule has 122 valence electrons. The molecule has 4 nitrogen and oxygen atoms in total. The van der Waals surface area contributed by atoms with E-state index in [9.17, 15) is 9.90 Å². The average Bonchev–Trinajstić information content (AvgIpc) is 2.52. The van der Waals surface area contributed by atoms with E-state index in [1.807, 2.05) is 13.8 Å². The van der Waals surface area contributed by atoms with Crippen molar-refractivity contribution in [1.82, 2.24) is 10.2 Å². The first-order chi connectivity index (χ1) is 10.5. The Bertz CT molecular complexity index is 502. The first-order valence-electron chi connectivity index (χ1n) is 8.23. The summed E-state index contributed by atoms with van der Waals surface area (Å²) in [6.07, 6.45) is 0.700. The van der Waals surface area contributed by atoms with Gasteiger partial charge in [-0.3, -0.25) is 9.69 Å². The number of amides is 1. The minimum absolute atomic E-state index is 0.0644. The molecule has 1 aromatic carbocycles. The van der Waals surface area contributed by atoms with Gasteiger partial charge in [-0.05, 0) is 30.4 Å². The van der Waals surface area contributed by atoms with Gasteiger partial charge in [0.1, 0.15) is 0 Å². The van der Waals surface area contributed by atoms with Crippen LogP contribution in [0, 0.1) is 5.92 Å². The van der Waals surface area contributed by atoms with Crippen LogP contribution in [0.1, 0.15) is 38.3 Å². The minimum Gasteiger partial charge on any atom is -0.392 e. The van der Waals surface area contributed by atoms with E-state index in [1.54, 1.807) is 0 Å². The molecule has 1 aromatic rings. The number of carbonyl (C=O) groups excluding carboxylic acids is 1. The van der Waals surface area contributed by atoms with Gasteiger partial charge in [0.05, 0.1) is 12.5 Å². The molecule has 0 spiro atoms. The van der Waals surface area contributed by atoms with Gasteiger partial charge in [0, 0.05) is 25.7 Å². The molecular formula is C18H28N2O2. The highest BCUT2D eigenvalue weighted by Crippen LogP contribution is 2.19. The Labute approximate surface area is 133 Å². The number of hydrogen-bond donors (Lipinski definition) is 2. The molecule has 0 aliphatic carbocycles. The molecule has 2 atom stereocenters. The Kier molecular flexibility index (Phi) is 5.98. The van der Waals surface area contributed by atoms with E-state index in [1.165, 1.54) is 11.1 Å². The van der Waals surface area contributed by atoms with Crippen molar-refractivity contribution in [1.29, 1.82) is 0 Å². The molecular weight excluding hydrogens is 276 g/mol. The van der Waals surface area contributed by atoms with Gasteiger partial charge in [0.15, 0.2) is 0 Å². The Hall–Kier alpha value is -1.39. The van der Waals surface area contributed by atoms with E-state index in [0.717, 1.165) is 19.5 Å². The van der Waals surface area contributed by atoms with Crippen molar-refractivity contribution in [2.24, 2.45) is 5.92 Å². The van der Waals surface area contributed by atoms with Crippen LogP contribution in [-0.4, -0.2) is 41.1 Å². The van der Waals surface area contributed by atoms with Crippen LogP contribution in [0.2, 0.25) is 0 Å². The number of aliphatic hydroxyl groups excluding tert-OH is 1. The second-order valence-corrected chi connectivity index (χ2v) is 6.66. The number of aliphatic hydroxyl groups is 1. The molecule has 0 saturated heterocycles. The largest absolute Gasteiger partial charge is 0.392 e. The van der Waals surface area contributed by atoms with Crippen LogP contribution < -0.4 is 5.32 Å². The summed E-state index contributed by atoms with van der Waals surface area (Å²) in [6, 6.07) is 8.87. The van der Waals surface area contributed by atoms with E-state index >= 15 is 0 Å². The molecule has 0 bridgehead atoms. The molecule has 0 aromatic heterocycles. The van der Waals surface area contributed by atoms with E-state index in [-0.39, 0.29) is 18.2 Å². The fourth-order valence-corrected chi connectivity index (χ4v) is 2.78. The van der Waals surface area contributed by atoms with Crippen LogP contribution in [0.25, 0.3) is 0 Å². The summed E-state index contributed by atoms with van der Waals surface area (Å²) >= 11 is 0. The number of fused-ring (bicyclic) bond motifs is 1. The number of nitrogens with zero attached hydrogens (tertiary/aromatic N) is 1. The van der Waals surface area contributed by atoms with Crippen molar-refractivity contribution in [2.45, 2.75) is 52.3 Å². The first-order valence-corrected chi connectivity index (χ1v) is 8.23. The van der Waals surface area contributed by atoms with E-state index in [0.29, 0.717) is 12.6 Å². The van der Waals surface area contributed by atoms with E-state index in [4.69, 9.17) is 0 Å². The molecule has 22 heavy (non-hydrogen) atoms. The summed E-state index contributed by atoms with van der Waals surface area (Å²) in [5.41, 5.74) is 2.83. The molecule has 2 unspecified atom stereocenters. The van der Waals surface area contributed by atoms with Gasteiger partial charge in [0.2, 0.25) is 5.91 Å². The van der Waals surface area contributed by atoms with Crippen LogP contribution >= 0.6 is 0 Å². The van der Waals surface area contributed by atoms with Gasteiger partial charge in [-0.15, -0.1) is 0 Å². The lowest BCUT2D eigenvalue weighted by molar-refractivity contribution is -0.123. The van der Waals surface area contributed by atoms with Gasteiger partial charge in [-0.25, -0.2) is 0 Å². The Balaban J connectivity index is 1.79. The smallest absolute Gasteiger partial charge is 0.222 e. The van der Waals surface area contributed by atoms with Gasteiger partial charge in [-0.1, -0.05) is 38.1 Å². The summed E-state index contributed by atoms with van der Waals surface area (Å²) in [5, 5.41) is 12.7. The van der Waals surface area contributed by atoms with Gasteiger partial charge in [0.25, 0.3) is 0 Å². The topological polar surface area (TPSA) is 52.6 Å². The number of carbonyl (C=O) groups is 1. The molecule has 4 heteroatoms. The normalized spacial score (nSPS) is 17.9. The number of benzene rings is 1. The highest BCUT2D eigenvalue weighted by atomic mass is 16.3. The quantitative estimate of drug-likeness (QED) is 0.845. The molecule has 0 fully saturated rings. The molecule has 1 aliphatic rings. The minimum atomic E-state index is -0.558. The zero-order chi connectivity index (χ0) is 16.1. The Morgan fingerprint density at radius 1 is 1.27 bits per heavy atom. The van der Waals surface area contributed by atoms with Gasteiger partial charge < -0.3 is 10.4 Å². The zero-order valence-corrected chi connectivity index (χ0v) is 13.9. The SMILES string of the molecule is CC(C)C(O)CC(=O)NCC(C)N1CCc2ccccc2C1. The molecule has 1 amide bonds. The molecule has 0 radical (unpaired) electrons. The van der Waals surface area contributed by atoms with Crippen molar-refractivity contribution in [3.05, 3.63) is 35.4 Å². The lowest BCUT2D eigenvalue weighted by Crippen LogP contribution is -2.44. The number of hydrogen-bond acceptors (Lipinski definition) is 3. The maximum absolute atomic E-state index is 11.9. The fourth-order valence-electron chi connectivity index (χ4n) is 2.78. The maximum atomic E-state index is 11.9. The summed E-state index contributed by atoms with van der Waals surface area (Å²) in [5.74, 6) is 0.0484. The second kappa shape index (κ2) is 7.75. The van der Waals surface area contributed by atoms with Crippen molar-refractivity contribution < 1.29 is 9.90 Å². The summed E-state index contributed by atoms with van der Waals surface area (Å²) in [7, 11) is 0. The van der Waals surface area contributed by atoms with E-state index in [2.05, 4.69) is 41.4 Å². The molecule has 2 N–H and O–H groups in total. The van der Waals surface area contributed by atoms with Crippen LogP contribution in [0.15, 0.2) is 24.3 Å². The lowest BCUT2D eigenvalue weighted by Gasteiger charge is -2.33. The van der Waals surface area contributed by atoms with Crippen molar-refractivity contribution in [2.75, 3.05) is 13.1 Å². The van der Waals surface area contributed by atoms with Gasteiger partial charge in [-0.2, -0.15) is 0 Å². The highest BCUT2D eigenvalue weighted by molar-refractivity contribution is 5.76.